The van der Waals surface area contributed by atoms with E-state index in [1.165, 1.54) is 12.1 Å². The van der Waals surface area contributed by atoms with Gasteiger partial charge in [-0.1, -0.05) is 11.2 Å². The lowest BCUT2D eigenvalue weighted by Gasteiger charge is -2.05. The van der Waals surface area contributed by atoms with Crippen LogP contribution in [0.4, 0.5) is 0 Å². The number of hydrogen-bond donors (Lipinski definition) is 2. The molecule has 6 heteroatoms. The fourth-order valence-corrected chi connectivity index (χ4v) is 1.53. The maximum Gasteiger partial charge on any atom is 0.223 e. The predicted molar refractivity (Wildman–Crippen MR) is 73.3 cm³/mol. The molecule has 0 saturated carbocycles. The highest BCUT2D eigenvalue weighted by molar-refractivity contribution is 6.09. The third kappa shape index (κ3) is 3.81. The van der Waals surface area contributed by atoms with Crippen molar-refractivity contribution in [2.75, 3.05) is 0 Å². The van der Waals surface area contributed by atoms with Crippen molar-refractivity contribution >= 4 is 11.6 Å². The Bertz CT molecular complexity index is 627. The number of hydrogen-bond acceptors (Lipinski definition) is 5. The summed E-state index contributed by atoms with van der Waals surface area (Å²) in [5.41, 5.74) is 6.20. The number of carbonyl (C=O) groups excluding carboxylic acids is 1. The Morgan fingerprint density at radius 3 is 2.85 bits per heavy atom. The third-order valence-corrected chi connectivity index (χ3v) is 2.42. The third-order valence-electron chi connectivity index (χ3n) is 2.42. The summed E-state index contributed by atoms with van der Waals surface area (Å²) in [5.74, 6) is -0.0986. The summed E-state index contributed by atoms with van der Waals surface area (Å²) in [7, 11) is 0. The highest BCUT2D eigenvalue weighted by Gasteiger charge is 2.09. The number of amides is 1. The number of phenolic OH excluding ortho intramolecular Hbond substituents is 1. The van der Waals surface area contributed by atoms with E-state index in [9.17, 15) is 9.90 Å². The topological polar surface area (TPSA) is 97.8 Å². The number of aromatic nitrogens is 1. The average molecular weight is 271 g/mol. The minimum absolute atomic E-state index is 0.0650. The Labute approximate surface area is 115 Å². The summed E-state index contributed by atoms with van der Waals surface area (Å²) in [6.07, 6.45) is 3.11. The Hall–Kier alpha value is -2.89. The molecule has 0 atom stereocenters. The first kappa shape index (κ1) is 13.5. The summed E-state index contributed by atoms with van der Waals surface area (Å²) < 4.78 is 0. The summed E-state index contributed by atoms with van der Waals surface area (Å²) >= 11 is 0. The van der Waals surface area contributed by atoms with Crippen molar-refractivity contribution in [1.29, 1.82) is 0 Å². The van der Waals surface area contributed by atoms with E-state index in [1.807, 2.05) is 0 Å². The van der Waals surface area contributed by atoms with E-state index >= 15 is 0 Å². The zero-order valence-corrected chi connectivity index (χ0v) is 10.6. The monoisotopic (exact) mass is 271 g/mol. The van der Waals surface area contributed by atoms with E-state index in [-0.39, 0.29) is 12.2 Å². The van der Waals surface area contributed by atoms with Crippen LogP contribution < -0.4 is 10.6 Å². The number of nitrogens with zero attached hydrogens (tertiary/aromatic N) is 2. The van der Waals surface area contributed by atoms with Gasteiger partial charge < -0.3 is 15.7 Å². The number of benzene rings is 1. The molecule has 0 bridgehead atoms. The van der Waals surface area contributed by atoms with Crippen molar-refractivity contribution in [2.45, 2.75) is 6.42 Å². The first-order valence-corrected chi connectivity index (χ1v) is 5.87. The Kier molecular flexibility index (Phi) is 4.28. The van der Waals surface area contributed by atoms with Crippen LogP contribution in [0.5, 0.6) is 11.5 Å². The fraction of sp³-hybridized carbons (Fsp3) is 0.0714. The Balaban J connectivity index is 2.22. The molecule has 0 radical (unpaired) electrons. The van der Waals surface area contributed by atoms with Gasteiger partial charge in [0.05, 0.1) is 12.1 Å². The van der Waals surface area contributed by atoms with Crippen molar-refractivity contribution in [3.05, 3.63) is 54.4 Å². The second-order valence-electron chi connectivity index (χ2n) is 4.01. The number of phenols is 1. The van der Waals surface area contributed by atoms with Crippen LogP contribution >= 0.6 is 0 Å². The summed E-state index contributed by atoms with van der Waals surface area (Å²) in [4.78, 5) is 20.2. The molecular weight excluding hydrogens is 258 g/mol. The lowest BCUT2D eigenvalue weighted by Crippen LogP contribution is -2.17. The van der Waals surface area contributed by atoms with E-state index in [4.69, 9.17) is 10.6 Å². The van der Waals surface area contributed by atoms with E-state index in [1.54, 1.807) is 36.7 Å². The van der Waals surface area contributed by atoms with Gasteiger partial charge in [-0.2, -0.15) is 0 Å². The molecule has 0 aliphatic heterocycles. The van der Waals surface area contributed by atoms with Crippen molar-refractivity contribution in [3.8, 4) is 11.5 Å². The van der Waals surface area contributed by atoms with Gasteiger partial charge >= 0.3 is 0 Å². The molecule has 0 aliphatic carbocycles. The molecule has 2 aromatic rings. The molecule has 2 rings (SSSR count). The molecule has 3 N–H and O–H groups in total. The molecule has 1 heterocycles. The number of primary amides is 1. The summed E-state index contributed by atoms with van der Waals surface area (Å²) in [6.45, 7) is 0. The second-order valence-corrected chi connectivity index (χ2v) is 4.01. The fourth-order valence-electron chi connectivity index (χ4n) is 1.53. The predicted octanol–water partition coefficient (Wildman–Crippen LogP) is 1.45. The van der Waals surface area contributed by atoms with Crippen LogP contribution in [0.3, 0.4) is 0 Å². The van der Waals surface area contributed by atoms with Gasteiger partial charge in [0.1, 0.15) is 5.75 Å². The van der Waals surface area contributed by atoms with Crippen molar-refractivity contribution in [1.82, 2.24) is 4.98 Å². The standard InChI is InChI=1S/C14H13N3O3/c15-14(19)8-13(10-3-2-6-16-9-10)17-20-12-5-1-4-11(18)7-12/h1-7,9,18H,8H2,(H2,15,19)/b17-13+. The minimum Gasteiger partial charge on any atom is -0.508 e. The number of nitrogens with two attached hydrogens (primary N) is 1. The van der Waals surface area contributed by atoms with Crippen molar-refractivity contribution in [2.24, 2.45) is 10.9 Å². The van der Waals surface area contributed by atoms with Crippen molar-refractivity contribution in [3.63, 3.8) is 0 Å². The van der Waals surface area contributed by atoms with Gasteiger partial charge in [0, 0.05) is 24.0 Å². The zero-order chi connectivity index (χ0) is 14.4. The van der Waals surface area contributed by atoms with Gasteiger partial charge in [-0.3, -0.25) is 9.78 Å². The SMILES string of the molecule is NC(=O)C/C(=N\Oc1cccc(O)c1)c1cccnc1. The number of oxime groups is 1. The molecule has 0 unspecified atom stereocenters. The highest BCUT2D eigenvalue weighted by Crippen LogP contribution is 2.18. The van der Waals surface area contributed by atoms with Gasteiger partial charge in [0.25, 0.3) is 0 Å². The van der Waals surface area contributed by atoms with Crippen molar-refractivity contribution < 1.29 is 14.7 Å². The van der Waals surface area contributed by atoms with Gasteiger partial charge in [0.2, 0.25) is 5.91 Å². The van der Waals surface area contributed by atoms with Gasteiger partial charge in [-0.15, -0.1) is 0 Å². The molecule has 6 nitrogen and oxygen atoms in total. The average Bonchev–Trinajstić information content (AvgIpc) is 2.44. The van der Waals surface area contributed by atoms with Crippen LogP contribution in [0.1, 0.15) is 12.0 Å². The Morgan fingerprint density at radius 1 is 1.35 bits per heavy atom. The number of pyridine rings is 1. The van der Waals surface area contributed by atoms with Gasteiger partial charge in [-0.25, -0.2) is 0 Å². The molecule has 1 aromatic heterocycles. The number of rotatable bonds is 5. The quantitative estimate of drug-likeness (QED) is 0.635. The summed E-state index contributed by atoms with van der Waals surface area (Å²) in [5, 5.41) is 13.2. The first-order chi connectivity index (χ1) is 9.65. The van der Waals surface area contributed by atoms with E-state index in [0.29, 0.717) is 17.0 Å². The van der Waals surface area contributed by atoms with E-state index in [2.05, 4.69) is 10.1 Å². The van der Waals surface area contributed by atoms with Gasteiger partial charge in [-0.05, 0) is 24.3 Å². The molecule has 102 valence electrons. The minimum atomic E-state index is -0.521. The van der Waals surface area contributed by atoms with Crippen LogP contribution in [-0.4, -0.2) is 21.7 Å². The first-order valence-electron chi connectivity index (χ1n) is 5.87. The van der Waals surface area contributed by atoms with Crippen LogP contribution in [0.25, 0.3) is 0 Å². The van der Waals surface area contributed by atoms with E-state index < -0.39 is 5.91 Å². The molecule has 0 fully saturated rings. The lowest BCUT2D eigenvalue weighted by atomic mass is 10.1. The van der Waals surface area contributed by atoms with Crippen LogP contribution in [0.2, 0.25) is 0 Å². The van der Waals surface area contributed by atoms with Crippen LogP contribution in [0.15, 0.2) is 53.9 Å². The molecule has 1 amide bonds. The summed E-state index contributed by atoms with van der Waals surface area (Å²) in [6, 6.07) is 9.66. The van der Waals surface area contributed by atoms with Crippen LogP contribution in [-0.2, 0) is 4.79 Å². The maximum absolute atomic E-state index is 11.1. The largest absolute Gasteiger partial charge is 0.508 e. The van der Waals surface area contributed by atoms with E-state index in [0.717, 1.165) is 0 Å². The normalized spacial score (nSPS) is 11.1. The van der Waals surface area contributed by atoms with Crippen LogP contribution in [0, 0.1) is 0 Å². The molecular formula is C14H13N3O3. The highest BCUT2D eigenvalue weighted by atomic mass is 16.6. The molecule has 0 saturated heterocycles. The number of aromatic hydroxyl groups is 1. The molecule has 20 heavy (non-hydrogen) atoms. The maximum atomic E-state index is 11.1. The Morgan fingerprint density at radius 2 is 2.20 bits per heavy atom. The second kappa shape index (κ2) is 6.33. The van der Waals surface area contributed by atoms with Gasteiger partial charge in [0.15, 0.2) is 5.75 Å². The number of carbonyl (C=O) groups is 1. The lowest BCUT2D eigenvalue weighted by molar-refractivity contribution is -0.116. The molecule has 0 aliphatic rings. The molecule has 1 aromatic carbocycles. The smallest absolute Gasteiger partial charge is 0.223 e. The molecule has 0 spiro atoms. The zero-order valence-electron chi connectivity index (χ0n) is 10.6.